The number of amides is 1. The number of nitrogens with one attached hydrogen (secondary N) is 1. The van der Waals surface area contributed by atoms with E-state index in [1.807, 2.05) is 0 Å². The zero-order chi connectivity index (χ0) is 28.8. The molecule has 3 aromatic heterocycles. The fourth-order valence-corrected chi connectivity index (χ4v) is 3.93. The van der Waals surface area contributed by atoms with E-state index >= 15 is 0 Å². The van der Waals surface area contributed by atoms with Gasteiger partial charge >= 0.3 is 12.1 Å². The monoisotopic (exact) mass is 582 g/mol. The maximum absolute atomic E-state index is 14.5. The van der Waals surface area contributed by atoms with E-state index in [9.17, 15) is 35.5 Å². The van der Waals surface area contributed by atoms with E-state index in [1.54, 1.807) is 0 Å². The van der Waals surface area contributed by atoms with Crippen LogP contribution in [0.2, 0.25) is 5.02 Å². The second-order valence-corrected chi connectivity index (χ2v) is 8.92. The number of alkyl halides is 5. The molecule has 0 fully saturated rings. The van der Waals surface area contributed by atoms with Gasteiger partial charge in [0, 0.05) is 17.8 Å². The lowest BCUT2D eigenvalue weighted by molar-refractivity contribution is -0.291. The van der Waals surface area contributed by atoms with E-state index in [4.69, 9.17) is 11.6 Å². The largest absolute Gasteiger partial charge is 0.459 e. The molecule has 5 rings (SSSR count). The number of halogens is 8. The van der Waals surface area contributed by atoms with Gasteiger partial charge in [-0.05, 0) is 48.0 Å². The van der Waals surface area contributed by atoms with Crippen LogP contribution in [0.3, 0.4) is 0 Å². The minimum absolute atomic E-state index is 0.0137. The molecule has 7 nitrogen and oxygen atoms in total. The summed E-state index contributed by atoms with van der Waals surface area (Å²) < 4.78 is 97.1. The van der Waals surface area contributed by atoms with Crippen LogP contribution in [0, 0.1) is 11.6 Å². The van der Waals surface area contributed by atoms with Gasteiger partial charge in [-0.2, -0.15) is 32.1 Å². The molecule has 0 aliphatic carbocycles. The van der Waals surface area contributed by atoms with Gasteiger partial charge in [-0.1, -0.05) is 23.7 Å². The Bertz CT molecular complexity index is 1710. The summed E-state index contributed by atoms with van der Waals surface area (Å²) in [5.41, 5.74) is -2.29. The molecule has 2 aromatic carbocycles. The molecule has 1 amide bonds. The van der Waals surface area contributed by atoms with Gasteiger partial charge in [0.1, 0.15) is 22.4 Å². The van der Waals surface area contributed by atoms with Gasteiger partial charge in [-0.15, -0.1) is 0 Å². The molecule has 0 saturated carbocycles. The van der Waals surface area contributed by atoms with Crippen molar-refractivity contribution in [2.45, 2.75) is 18.6 Å². The summed E-state index contributed by atoms with van der Waals surface area (Å²) in [5.74, 6) is -7.65. The highest BCUT2D eigenvalue weighted by atomic mass is 35.5. The second-order valence-electron chi connectivity index (χ2n) is 8.51. The SMILES string of the molecule is O=C(Nc1nn(Cc2ccc(F)cc2)cc1Cl)c1cc2nc(-c3ccc(F)cc3)cc(C(F)(F)C(F)(F)F)n2n1. The van der Waals surface area contributed by atoms with Crippen molar-refractivity contribution in [2.24, 2.45) is 0 Å². The number of aromatic nitrogens is 5. The van der Waals surface area contributed by atoms with Gasteiger partial charge in [0.05, 0.1) is 12.2 Å². The predicted octanol–water partition coefficient (Wildman–Crippen LogP) is 6.48. The lowest BCUT2D eigenvalue weighted by atomic mass is 10.1. The number of carbonyl (C=O) groups is 1. The lowest BCUT2D eigenvalue weighted by Gasteiger charge is -2.21. The van der Waals surface area contributed by atoms with E-state index in [-0.39, 0.29) is 33.2 Å². The topological polar surface area (TPSA) is 77.1 Å². The molecule has 0 aliphatic heterocycles. The molecule has 0 spiro atoms. The van der Waals surface area contributed by atoms with Crippen LogP contribution in [0.25, 0.3) is 16.9 Å². The van der Waals surface area contributed by atoms with Gasteiger partial charge in [-0.3, -0.25) is 9.48 Å². The average molecular weight is 583 g/mol. The number of benzene rings is 2. The third-order valence-electron chi connectivity index (χ3n) is 5.68. The Kier molecular flexibility index (Phi) is 6.74. The number of hydrogen-bond donors (Lipinski definition) is 1. The normalized spacial score (nSPS) is 12.2. The van der Waals surface area contributed by atoms with Crippen molar-refractivity contribution in [1.29, 1.82) is 0 Å². The molecule has 0 atom stereocenters. The van der Waals surface area contributed by atoms with E-state index < -0.39 is 46.7 Å². The first kappa shape index (κ1) is 27.1. The maximum atomic E-state index is 14.5. The van der Waals surface area contributed by atoms with Crippen LogP contribution in [0.4, 0.5) is 36.6 Å². The van der Waals surface area contributed by atoms with Gasteiger partial charge < -0.3 is 5.32 Å². The van der Waals surface area contributed by atoms with Crippen molar-refractivity contribution < 1.29 is 35.5 Å². The first-order valence-corrected chi connectivity index (χ1v) is 11.6. The standard InChI is InChI=1S/C25H14ClF7N6O/c26-17-12-38(11-13-1-5-15(27)6-2-13)37-22(17)35-23(40)19-10-21-34-18(14-3-7-16(28)8-4-14)9-20(39(21)36-19)24(29,30)25(31,32)33/h1-10,12H,11H2,(H,35,37,40). The summed E-state index contributed by atoms with van der Waals surface area (Å²) in [5, 5.41) is 10.1. The van der Waals surface area contributed by atoms with E-state index in [0.717, 1.165) is 30.3 Å². The number of fused-ring (bicyclic) bond motifs is 1. The summed E-state index contributed by atoms with van der Waals surface area (Å²) in [6, 6.07) is 11.2. The average Bonchev–Trinajstić information content (AvgIpc) is 3.47. The Morgan fingerprint density at radius 2 is 1.52 bits per heavy atom. The Hall–Kier alpha value is -4.46. The highest BCUT2D eigenvalue weighted by Crippen LogP contribution is 2.44. The third-order valence-corrected chi connectivity index (χ3v) is 5.96. The van der Waals surface area contributed by atoms with Crippen LogP contribution in [0.15, 0.2) is 66.9 Å². The van der Waals surface area contributed by atoms with Gasteiger partial charge in [0.15, 0.2) is 17.2 Å². The van der Waals surface area contributed by atoms with Crippen LogP contribution in [-0.4, -0.2) is 36.5 Å². The number of hydrogen-bond acceptors (Lipinski definition) is 4. The van der Waals surface area contributed by atoms with Crippen molar-refractivity contribution in [3.8, 4) is 11.3 Å². The Morgan fingerprint density at radius 3 is 2.15 bits per heavy atom. The molecular formula is C25H14ClF7N6O. The highest BCUT2D eigenvalue weighted by Gasteiger charge is 2.60. The smallest absolute Gasteiger partial charge is 0.302 e. The predicted molar refractivity (Wildman–Crippen MR) is 129 cm³/mol. The molecule has 0 unspecified atom stereocenters. The minimum atomic E-state index is -6.00. The number of rotatable bonds is 6. The van der Waals surface area contributed by atoms with Crippen LogP contribution in [0.5, 0.6) is 0 Å². The van der Waals surface area contributed by atoms with E-state index in [1.165, 1.54) is 35.1 Å². The molecule has 3 heterocycles. The summed E-state index contributed by atoms with van der Waals surface area (Å²) in [4.78, 5) is 16.9. The molecule has 40 heavy (non-hydrogen) atoms. The summed E-state index contributed by atoms with van der Waals surface area (Å²) in [6.07, 6.45) is -4.64. The molecule has 0 aliphatic rings. The molecule has 0 bridgehead atoms. The molecule has 206 valence electrons. The number of nitrogens with zero attached hydrogens (tertiary/aromatic N) is 5. The fraction of sp³-hybridized carbons (Fsp3) is 0.120. The molecule has 0 radical (unpaired) electrons. The number of anilines is 1. The Balaban J connectivity index is 1.49. The van der Waals surface area contributed by atoms with Crippen LogP contribution in [-0.2, 0) is 12.5 Å². The highest BCUT2D eigenvalue weighted by molar-refractivity contribution is 6.33. The molecule has 1 N–H and O–H groups in total. The number of carbonyl (C=O) groups excluding carboxylic acids is 1. The van der Waals surface area contributed by atoms with Crippen molar-refractivity contribution >= 4 is 29.0 Å². The summed E-state index contributed by atoms with van der Waals surface area (Å²) in [7, 11) is 0. The zero-order valence-electron chi connectivity index (χ0n) is 19.7. The zero-order valence-corrected chi connectivity index (χ0v) is 20.5. The maximum Gasteiger partial charge on any atom is 0.459 e. The Labute approximate surface area is 224 Å². The van der Waals surface area contributed by atoms with Crippen LogP contribution < -0.4 is 5.32 Å². The first-order chi connectivity index (χ1) is 18.8. The Morgan fingerprint density at radius 1 is 0.900 bits per heavy atom. The van der Waals surface area contributed by atoms with Crippen molar-refractivity contribution in [3.63, 3.8) is 0 Å². The summed E-state index contributed by atoms with van der Waals surface area (Å²) in [6.45, 7) is 0.163. The van der Waals surface area contributed by atoms with Crippen molar-refractivity contribution in [3.05, 3.63) is 100 Å². The third kappa shape index (κ3) is 5.21. The lowest BCUT2D eigenvalue weighted by Crippen LogP contribution is -2.36. The first-order valence-electron chi connectivity index (χ1n) is 11.2. The quantitative estimate of drug-likeness (QED) is 0.233. The van der Waals surface area contributed by atoms with E-state index in [2.05, 4.69) is 20.5 Å². The molecule has 0 saturated heterocycles. The van der Waals surface area contributed by atoms with Crippen molar-refractivity contribution in [2.75, 3.05) is 5.32 Å². The van der Waals surface area contributed by atoms with Gasteiger partial charge in [0.25, 0.3) is 5.91 Å². The molecule has 15 heteroatoms. The minimum Gasteiger partial charge on any atom is -0.302 e. The fourth-order valence-electron chi connectivity index (χ4n) is 3.73. The van der Waals surface area contributed by atoms with Crippen molar-refractivity contribution in [1.82, 2.24) is 24.4 Å². The van der Waals surface area contributed by atoms with E-state index in [0.29, 0.717) is 11.6 Å². The van der Waals surface area contributed by atoms with Crippen LogP contribution >= 0.6 is 11.6 Å². The van der Waals surface area contributed by atoms with Crippen LogP contribution in [0.1, 0.15) is 21.7 Å². The summed E-state index contributed by atoms with van der Waals surface area (Å²) >= 11 is 6.13. The molecular weight excluding hydrogens is 569 g/mol. The molecule has 5 aromatic rings. The second kappa shape index (κ2) is 9.93. The van der Waals surface area contributed by atoms with Gasteiger partial charge in [0.2, 0.25) is 0 Å². The van der Waals surface area contributed by atoms with Gasteiger partial charge in [-0.25, -0.2) is 18.3 Å².